The molecule has 0 radical (unpaired) electrons. The predicted octanol–water partition coefficient (Wildman–Crippen LogP) is 4.73. The Morgan fingerprint density at radius 1 is 0.926 bits per heavy atom. The summed E-state index contributed by atoms with van der Waals surface area (Å²) in [5.41, 5.74) is 4.22. The summed E-state index contributed by atoms with van der Waals surface area (Å²) in [6.45, 7) is 5.78. The number of amides is 1. The van der Waals surface area contributed by atoms with E-state index in [2.05, 4.69) is 10.0 Å². The standard InChI is InChI=1S/C20H20N2O3S2/c1-13-8-9-16(10-15(13)3)22-27(24,25)17-11-19(26-12-17)20(23)21-18-7-5-4-6-14(18)2/h4-12,22H,1-3H3,(H,21,23). The van der Waals surface area contributed by atoms with E-state index in [1.807, 2.05) is 45.0 Å². The fourth-order valence-electron chi connectivity index (χ4n) is 2.49. The first-order chi connectivity index (χ1) is 12.8. The quantitative estimate of drug-likeness (QED) is 0.650. The molecule has 140 valence electrons. The van der Waals surface area contributed by atoms with Crippen LogP contribution in [0.5, 0.6) is 0 Å². The molecule has 0 bridgehead atoms. The van der Waals surface area contributed by atoms with E-state index in [4.69, 9.17) is 0 Å². The number of carbonyl (C=O) groups excluding carboxylic acids is 1. The monoisotopic (exact) mass is 400 g/mol. The lowest BCUT2D eigenvalue weighted by Crippen LogP contribution is -2.13. The molecule has 3 aromatic rings. The van der Waals surface area contributed by atoms with Crippen molar-refractivity contribution in [2.75, 3.05) is 10.0 Å². The SMILES string of the molecule is Cc1ccc(NS(=O)(=O)c2csc(C(=O)Nc3ccccc3C)c2)cc1C. The average Bonchev–Trinajstić information content (AvgIpc) is 3.11. The van der Waals surface area contributed by atoms with Gasteiger partial charge in [0.25, 0.3) is 15.9 Å². The van der Waals surface area contributed by atoms with E-state index in [0.717, 1.165) is 28.0 Å². The number of rotatable bonds is 5. The second kappa shape index (κ2) is 7.54. The molecule has 27 heavy (non-hydrogen) atoms. The van der Waals surface area contributed by atoms with Gasteiger partial charge in [-0.25, -0.2) is 8.42 Å². The smallest absolute Gasteiger partial charge is 0.265 e. The van der Waals surface area contributed by atoms with Gasteiger partial charge in [-0.15, -0.1) is 11.3 Å². The summed E-state index contributed by atoms with van der Waals surface area (Å²) in [6.07, 6.45) is 0. The van der Waals surface area contributed by atoms with E-state index < -0.39 is 10.0 Å². The van der Waals surface area contributed by atoms with Gasteiger partial charge >= 0.3 is 0 Å². The minimum Gasteiger partial charge on any atom is -0.321 e. The fourth-order valence-corrected chi connectivity index (χ4v) is 4.71. The lowest BCUT2D eigenvalue weighted by atomic mass is 10.1. The van der Waals surface area contributed by atoms with Crippen molar-refractivity contribution >= 4 is 38.6 Å². The maximum Gasteiger partial charge on any atom is 0.265 e. The molecule has 0 fully saturated rings. The highest BCUT2D eigenvalue weighted by Gasteiger charge is 2.19. The van der Waals surface area contributed by atoms with Crippen LogP contribution < -0.4 is 10.0 Å². The van der Waals surface area contributed by atoms with Crippen molar-refractivity contribution in [2.45, 2.75) is 25.7 Å². The van der Waals surface area contributed by atoms with E-state index in [0.29, 0.717) is 16.3 Å². The summed E-state index contributed by atoms with van der Waals surface area (Å²) in [6, 6.07) is 14.2. The summed E-state index contributed by atoms with van der Waals surface area (Å²) >= 11 is 1.09. The van der Waals surface area contributed by atoms with Crippen molar-refractivity contribution in [3.8, 4) is 0 Å². The molecular weight excluding hydrogens is 380 g/mol. The third kappa shape index (κ3) is 4.37. The van der Waals surface area contributed by atoms with Gasteiger partial charge in [0.05, 0.1) is 9.77 Å². The van der Waals surface area contributed by atoms with Crippen molar-refractivity contribution in [1.29, 1.82) is 0 Å². The van der Waals surface area contributed by atoms with E-state index in [9.17, 15) is 13.2 Å². The first-order valence-corrected chi connectivity index (χ1v) is 10.7. The van der Waals surface area contributed by atoms with Crippen LogP contribution in [-0.4, -0.2) is 14.3 Å². The third-order valence-electron chi connectivity index (χ3n) is 4.26. The Kier molecular flexibility index (Phi) is 5.34. The normalized spacial score (nSPS) is 11.2. The maximum atomic E-state index is 12.6. The molecule has 0 unspecified atom stereocenters. The van der Waals surface area contributed by atoms with Crippen molar-refractivity contribution in [1.82, 2.24) is 0 Å². The molecule has 1 amide bonds. The molecular formula is C20H20N2O3S2. The number of nitrogens with one attached hydrogen (secondary N) is 2. The number of anilines is 2. The van der Waals surface area contributed by atoms with Gasteiger partial charge in [-0.05, 0) is 61.7 Å². The molecule has 3 rings (SSSR count). The van der Waals surface area contributed by atoms with Crippen LogP contribution in [-0.2, 0) is 10.0 Å². The number of sulfonamides is 1. The molecule has 1 heterocycles. The van der Waals surface area contributed by atoms with E-state index in [1.165, 1.54) is 11.4 Å². The molecule has 0 saturated carbocycles. The summed E-state index contributed by atoms with van der Waals surface area (Å²) < 4.78 is 27.8. The Balaban J connectivity index is 1.78. The van der Waals surface area contributed by atoms with Crippen LogP contribution in [0.3, 0.4) is 0 Å². The Bertz CT molecular complexity index is 1100. The second-order valence-corrected chi connectivity index (χ2v) is 8.91. The van der Waals surface area contributed by atoms with Gasteiger partial charge in [-0.1, -0.05) is 24.3 Å². The largest absolute Gasteiger partial charge is 0.321 e. The Morgan fingerprint density at radius 2 is 1.67 bits per heavy atom. The van der Waals surface area contributed by atoms with E-state index >= 15 is 0 Å². The van der Waals surface area contributed by atoms with Gasteiger partial charge in [-0.2, -0.15) is 0 Å². The number of para-hydroxylation sites is 1. The minimum absolute atomic E-state index is 0.0701. The van der Waals surface area contributed by atoms with Crippen LogP contribution in [0.15, 0.2) is 58.8 Å². The molecule has 0 aliphatic carbocycles. The van der Waals surface area contributed by atoms with Crippen LogP contribution >= 0.6 is 11.3 Å². The summed E-state index contributed by atoms with van der Waals surface area (Å²) in [7, 11) is -3.76. The average molecular weight is 401 g/mol. The first kappa shape index (κ1) is 19.1. The van der Waals surface area contributed by atoms with Gasteiger partial charge in [-0.3, -0.25) is 9.52 Å². The third-order valence-corrected chi connectivity index (χ3v) is 6.70. The highest BCUT2D eigenvalue weighted by atomic mass is 32.2. The number of benzene rings is 2. The second-order valence-electron chi connectivity index (χ2n) is 6.32. The number of hydrogen-bond donors (Lipinski definition) is 2. The zero-order valence-electron chi connectivity index (χ0n) is 15.2. The zero-order valence-corrected chi connectivity index (χ0v) is 16.9. The highest BCUT2D eigenvalue weighted by molar-refractivity contribution is 7.92. The molecule has 0 spiro atoms. The summed E-state index contributed by atoms with van der Waals surface area (Å²) in [4.78, 5) is 12.8. The zero-order chi connectivity index (χ0) is 19.6. The predicted molar refractivity (Wildman–Crippen MR) is 110 cm³/mol. The molecule has 2 aromatic carbocycles. The Hall–Kier alpha value is -2.64. The van der Waals surface area contributed by atoms with Crippen molar-refractivity contribution < 1.29 is 13.2 Å². The number of aryl methyl sites for hydroxylation is 3. The van der Waals surface area contributed by atoms with Gasteiger partial charge < -0.3 is 5.32 Å². The topological polar surface area (TPSA) is 75.3 Å². The number of hydrogen-bond acceptors (Lipinski definition) is 4. The van der Waals surface area contributed by atoms with Crippen LogP contribution in [0.4, 0.5) is 11.4 Å². The van der Waals surface area contributed by atoms with Crippen molar-refractivity contribution in [2.24, 2.45) is 0 Å². The van der Waals surface area contributed by atoms with Crippen LogP contribution in [0.2, 0.25) is 0 Å². The van der Waals surface area contributed by atoms with Crippen LogP contribution in [0.1, 0.15) is 26.4 Å². The summed E-state index contributed by atoms with van der Waals surface area (Å²) in [5.74, 6) is -0.332. The Morgan fingerprint density at radius 3 is 2.37 bits per heavy atom. The highest BCUT2D eigenvalue weighted by Crippen LogP contribution is 2.24. The van der Waals surface area contributed by atoms with Gasteiger partial charge in [0.1, 0.15) is 0 Å². The maximum absolute atomic E-state index is 12.6. The molecule has 0 atom stereocenters. The molecule has 7 heteroatoms. The lowest BCUT2D eigenvalue weighted by molar-refractivity contribution is 0.103. The fraction of sp³-hybridized carbons (Fsp3) is 0.150. The first-order valence-electron chi connectivity index (χ1n) is 8.32. The number of thiophene rings is 1. The van der Waals surface area contributed by atoms with E-state index in [-0.39, 0.29) is 10.8 Å². The molecule has 1 aromatic heterocycles. The molecule has 0 aliphatic heterocycles. The lowest BCUT2D eigenvalue weighted by Gasteiger charge is -2.08. The minimum atomic E-state index is -3.76. The summed E-state index contributed by atoms with van der Waals surface area (Å²) in [5, 5.41) is 4.28. The van der Waals surface area contributed by atoms with Crippen molar-refractivity contribution in [3.63, 3.8) is 0 Å². The Labute approximate surface area is 163 Å². The van der Waals surface area contributed by atoms with Crippen LogP contribution in [0, 0.1) is 20.8 Å². The van der Waals surface area contributed by atoms with Gasteiger partial charge in [0.2, 0.25) is 0 Å². The molecule has 0 aliphatic rings. The number of carbonyl (C=O) groups is 1. The van der Waals surface area contributed by atoms with Gasteiger partial charge in [0.15, 0.2) is 0 Å². The van der Waals surface area contributed by atoms with Crippen molar-refractivity contribution in [3.05, 3.63) is 75.5 Å². The molecule has 2 N–H and O–H groups in total. The molecule has 5 nitrogen and oxygen atoms in total. The van der Waals surface area contributed by atoms with E-state index in [1.54, 1.807) is 18.2 Å². The van der Waals surface area contributed by atoms with Gasteiger partial charge in [0, 0.05) is 16.8 Å². The molecule has 0 saturated heterocycles. The van der Waals surface area contributed by atoms with Crippen LogP contribution in [0.25, 0.3) is 0 Å².